The molecule has 0 bridgehead atoms. The number of hydroxylamine groups is 2. The van der Waals surface area contributed by atoms with Crippen LogP contribution in [0.5, 0.6) is 0 Å². The fourth-order valence-electron chi connectivity index (χ4n) is 3.68. The van der Waals surface area contributed by atoms with Crippen LogP contribution in [0.15, 0.2) is 40.1 Å². The number of benzene rings is 1. The lowest BCUT2D eigenvalue weighted by molar-refractivity contribution is -0.413. The number of aliphatic hydroxyl groups excluding tert-OH is 2. The topological polar surface area (TPSA) is 168 Å². The Hall–Kier alpha value is -2.45. The van der Waals surface area contributed by atoms with Gasteiger partial charge in [-0.05, 0) is 19.4 Å². The molecule has 2 aromatic rings. The molecule has 176 valence electrons. The summed E-state index contributed by atoms with van der Waals surface area (Å²) in [7, 11) is 0. The fraction of sp³-hybridized carbons (Fsp3) is 0.500. The first kappa shape index (κ1) is 24.2. The zero-order valence-electron chi connectivity index (χ0n) is 17.5. The van der Waals surface area contributed by atoms with E-state index in [1.54, 1.807) is 24.3 Å². The Balaban J connectivity index is 2.12. The smallest absolute Gasteiger partial charge is 0.332 e. The Morgan fingerprint density at radius 1 is 1.28 bits per heavy atom. The third-order valence-electron chi connectivity index (χ3n) is 5.43. The molecule has 1 fully saturated rings. The number of hydrogen-bond acceptors (Lipinski definition) is 9. The molecule has 1 aliphatic rings. The molecule has 1 aliphatic heterocycles. The third-order valence-corrected chi connectivity index (χ3v) is 5.43. The number of halogens is 1. The van der Waals surface area contributed by atoms with Crippen LogP contribution in [-0.4, -0.2) is 71.0 Å². The van der Waals surface area contributed by atoms with E-state index in [9.17, 15) is 39.6 Å². The minimum atomic E-state index is -3.17. The molecule has 0 saturated carbocycles. The lowest BCUT2D eigenvalue weighted by Gasteiger charge is -2.42. The van der Waals surface area contributed by atoms with E-state index in [0.29, 0.717) is 10.1 Å². The quantitative estimate of drug-likeness (QED) is 0.219. The van der Waals surface area contributed by atoms with Gasteiger partial charge in [0.1, 0.15) is 18.4 Å². The minimum absolute atomic E-state index is 0.174. The summed E-state index contributed by atoms with van der Waals surface area (Å²) in [6.45, 7) is 1.70. The molecule has 1 aromatic heterocycles. The molecule has 32 heavy (non-hydrogen) atoms. The van der Waals surface area contributed by atoms with Gasteiger partial charge in [-0.25, -0.2) is 13.8 Å². The summed E-state index contributed by atoms with van der Waals surface area (Å²) in [5.41, 5.74) is -4.13. The summed E-state index contributed by atoms with van der Waals surface area (Å²) < 4.78 is 19.1. The number of nitrogens with one attached hydrogen (secondary N) is 1. The maximum atomic E-state index is 13.5. The van der Waals surface area contributed by atoms with Gasteiger partial charge in [0.05, 0.1) is 13.2 Å². The lowest BCUT2D eigenvalue weighted by atomic mass is 10.00. The number of aromatic nitrogens is 2. The second kappa shape index (κ2) is 8.83. The maximum Gasteiger partial charge on any atom is 0.332 e. The molecule has 0 aliphatic carbocycles. The molecule has 6 N–H and O–H groups in total. The molecule has 1 saturated heterocycles. The van der Waals surface area contributed by atoms with Crippen molar-refractivity contribution >= 4 is 0 Å². The van der Waals surface area contributed by atoms with Crippen LogP contribution in [0.1, 0.15) is 23.6 Å². The van der Waals surface area contributed by atoms with Gasteiger partial charge in [-0.1, -0.05) is 29.8 Å². The Kier molecular flexibility index (Phi) is 6.67. The van der Waals surface area contributed by atoms with Crippen molar-refractivity contribution in [2.24, 2.45) is 0 Å². The van der Waals surface area contributed by atoms with Gasteiger partial charge in [-0.3, -0.25) is 9.78 Å². The molecule has 3 rings (SSSR count). The highest BCUT2D eigenvalue weighted by Crippen LogP contribution is 2.43. The Morgan fingerprint density at radius 2 is 1.91 bits per heavy atom. The maximum absolute atomic E-state index is 13.5. The van der Waals surface area contributed by atoms with E-state index in [1.165, 1.54) is 6.92 Å². The summed E-state index contributed by atoms with van der Waals surface area (Å²) in [6, 6.07) is 6.71. The highest BCUT2D eigenvalue weighted by atomic mass is 19.1. The average Bonchev–Trinajstić information content (AvgIpc) is 2.93. The van der Waals surface area contributed by atoms with E-state index in [0.717, 1.165) is 11.8 Å². The van der Waals surface area contributed by atoms with E-state index in [2.05, 4.69) is 0 Å². The van der Waals surface area contributed by atoms with Crippen LogP contribution in [0.25, 0.3) is 0 Å². The number of aliphatic hydroxyl groups is 4. The molecule has 0 spiro atoms. The summed E-state index contributed by atoms with van der Waals surface area (Å²) in [4.78, 5) is 26.4. The molecule has 2 heterocycles. The normalized spacial score (nSPS) is 28.9. The molecule has 0 amide bonds. The van der Waals surface area contributed by atoms with Crippen LogP contribution in [0, 0.1) is 6.92 Å². The van der Waals surface area contributed by atoms with Crippen LogP contribution in [0.3, 0.4) is 0 Å². The number of ether oxygens (including phenoxy) is 1. The number of aryl methyl sites for hydroxylation is 1. The number of hydrogen-bond donors (Lipinski definition) is 6. The van der Waals surface area contributed by atoms with Crippen LogP contribution >= 0.6 is 0 Å². The van der Waals surface area contributed by atoms with Crippen molar-refractivity contribution < 1.29 is 34.8 Å². The van der Waals surface area contributed by atoms with Crippen molar-refractivity contribution in [3.63, 3.8) is 0 Å². The van der Waals surface area contributed by atoms with Gasteiger partial charge in [0.2, 0.25) is 5.72 Å². The minimum Gasteiger partial charge on any atom is -0.394 e. The second-order valence-corrected chi connectivity index (χ2v) is 7.93. The largest absolute Gasteiger partial charge is 0.394 e. The summed E-state index contributed by atoms with van der Waals surface area (Å²) in [5, 5.41) is 53.6. The second-order valence-electron chi connectivity index (χ2n) is 7.93. The van der Waals surface area contributed by atoms with Gasteiger partial charge in [0, 0.05) is 18.2 Å². The number of H-pyrrole nitrogens is 1. The van der Waals surface area contributed by atoms with Crippen molar-refractivity contribution in [2.75, 3.05) is 6.61 Å². The molecule has 1 aromatic carbocycles. The van der Waals surface area contributed by atoms with E-state index >= 15 is 0 Å². The Bertz CT molecular complexity index is 1070. The zero-order chi connectivity index (χ0) is 23.8. The molecular weight excluding hydrogens is 429 g/mol. The first-order chi connectivity index (χ1) is 14.9. The van der Waals surface area contributed by atoms with Crippen LogP contribution in [0.2, 0.25) is 0 Å². The van der Waals surface area contributed by atoms with Gasteiger partial charge in [-0.15, -0.1) is 5.06 Å². The van der Waals surface area contributed by atoms with Gasteiger partial charge in [0.25, 0.3) is 5.56 Å². The van der Waals surface area contributed by atoms with E-state index in [-0.39, 0.29) is 10.6 Å². The van der Waals surface area contributed by atoms with E-state index in [4.69, 9.17) is 4.74 Å². The lowest BCUT2D eigenvalue weighted by Crippen LogP contribution is -2.68. The molecule has 0 radical (unpaired) electrons. The van der Waals surface area contributed by atoms with Gasteiger partial charge in [0.15, 0.2) is 0 Å². The molecule has 1 unspecified atom stereocenters. The van der Waals surface area contributed by atoms with Crippen LogP contribution < -0.4 is 11.2 Å². The predicted molar refractivity (Wildman–Crippen MR) is 107 cm³/mol. The third kappa shape index (κ3) is 4.01. The summed E-state index contributed by atoms with van der Waals surface area (Å²) >= 11 is 0. The van der Waals surface area contributed by atoms with E-state index < -0.39 is 60.8 Å². The number of nitrogens with zero attached hydrogens (tertiary/aromatic N) is 2. The number of rotatable bonds is 7. The highest BCUT2D eigenvalue weighted by Gasteiger charge is 2.70. The SMILES string of the molecule is Cc1ccc(CN(O)[C@@]2(O)[C@H](O)[C@@H](CO)O[C@]2(O)n2cc(CC(C)F)c(=O)[nH]c2=O)cc1. The van der Waals surface area contributed by atoms with Gasteiger partial charge >= 0.3 is 11.6 Å². The van der Waals surface area contributed by atoms with Crippen LogP contribution in [-0.2, 0) is 23.6 Å². The number of aromatic amines is 1. The Labute approximate surface area is 181 Å². The van der Waals surface area contributed by atoms with E-state index in [1.807, 2.05) is 11.9 Å². The van der Waals surface area contributed by atoms with Gasteiger partial charge in [-0.2, -0.15) is 0 Å². The highest BCUT2D eigenvalue weighted by molar-refractivity contribution is 5.21. The first-order valence-corrected chi connectivity index (χ1v) is 9.87. The molecular formula is C20H26FN3O8. The Morgan fingerprint density at radius 3 is 2.47 bits per heavy atom. The van der Waals surface area contributed by atoms with Gasteiger partial charge < -0.3 is 30.4 Å². The molecule has 5 atom stereocenters. The number of alkyl halides is 1. The standard InChI is InChI=1S/C20H26FN3O8/c1-11-3-5-13(6-4-11)8-24(31)19(29)16(26)15(10-25)32-20(19,30)23-9-14(7-12(2)21)17(27)22-18(23)28/h3-6,9,12,15-16,25-26,29-31H,7-8,10H2,1-2H3,(H,22,27,28)/t12?,15-,16-,19-,20+/m1/s1. The molecule has 12 heteroatoms. The van der Waals surface area contributed by atoms with Crippen molar-refractivity contribution in [2.45, 2.75) is 56.8 Å². The fourth-order valence-corrected chi connectivity index (χ4v) is 3.68. The molecule has 11 nitrogen and oxygen atoms in total. The summed E-state index contributed by atoms with van der Waals surface area (Å²) in [6.07, 6.45) is -4.86. The zero-order valence-corrected chi connectivity index (χ0v) is 17.5. The average molecular weight is 455 g/mol. The van der Waals surface area contributed by atoms with Crippen LogP contribution in [0.4, 0.5) is 4.39 Å². The predicted octanol–water partition coefficient (Wildman–Crippen LogP) is -1.32. The van der Waals surface area contributed by atoms with Crippen molar-refractivity contribution in [3.8, 4) is 0 Å². The van der Waals surface area contributed by atoms with Crippen molar-refractivity contribution in [1.82, 2.24) is 14.6 Å². The first-order valence-electron chi connectivity index (χ1n) is 9.87. The monoisotopic (exact) mass is 455 g/mol. The van der Waals surface area contributed by atoms with Crippen molar-refractivity contribution in [1.29, 1.82) is 0 Å². The van der Waals surface area contributed by atoms with Crippen molar-refractivity contribution in [3.05, 3.63) is 68.0 Å². The summed E-state index contributed by atoms with van der Waals surface area (Å²) in [5.74, 6) is -3.17.